The highest BCUT2D eigenvalue weighted by molar-refractivity contribution is 5.49. The molecule has 0 saturated carbocycles. The molecule has 0 fully saturated rings. The summed E-state index contributed by atoms with van der Waals surface area (Å²) in [6, 6.07) is 1.80. The number of aromatic amines is 1. The molecule has 0 atom stereocenters. The van der Waals surface area contributed by atoms with E-state index in [1.807, 2.05) is 0 Å². The summed E-state index contributed by atoms with van der Waals surface area (Å²) in [5.41, 5.74) is 6.77. The fourth-order valence-corrected chi connectivity index (χ4v) is 0.858. The van der Waals surface area contributed by atoms with Crippen molar-refractivity contribution < 1.29 is 0 Å². The lowest BCUT2D eigenvalue weighted by Gasteiger charge is -1.94. The number of anilines is 1. The predicted molar refractivity (Wildman–Crippen MR) is 44.0 cm³/mol. The monoisotopic (exact) mass is 161 g/mol. The highest BCUT2D eigenvalue weighted by atomic mass is 15.1. The Balaban J connectivity index is 2.43. The molecule has 12 heavy (non-hydrogen) atoms. The lowest BCUT2D eigenvalue weighted by molar-refractivity contribution is 1.06. The van der Waals surface area contributed by atoms with Gasteiger partial charge in [-0.05, 0) is 6.07 Å². The van der Waals surface area contributed by atoms with Gasteiger partial charge in [-0.1, -0.05) is 0 Å². The Morgan fingerprint density at radius 1 is 1.25 bits per heavy atom. The molecule has 5 heteroatoms. The van der Waals surface area contributed by atoms with E-state index in [1.54, 1.807) is 24.7 Å². The Kier molecular flexibility index (Phi) is 1.48. The van der Waals surface area contributed by atoms with Crippen LogP contribution in [-0.4, -0.2) is 20.2 Å². The third-order valence-electron chi connectivity index (χ3n) is 1.41. The minimum Gasteiger partial charge on any atom is -0.396 e. The van der Waals surface area contributed by atoms with Crippen molar-refractivity contribution in [1.29, 1.82) is 0 Å². The molecule has 2 rings (SSSR count). The number of nitrogens with two attached hydrogens (primary N) is 1. The van der Waals surface area contributed by atoms with Gasteiger partial charge in [0, 0.05) is 6.20 Å². The van der Waals surface area contributed by atoms with Crippen LogP contribution in [0.15, 0.2) is 24.7 Å². The molecule has 0 aliphatic heterocycles. The number of aromatic nitrogens is 4. The number of hydrogen-bond donors (Lipinski definition) is 2. The Morgan fingerprint density at radius 3 is 2.58 bits per heavy atom. The zero-order valence-electron chi connectivity index (χ0n) is 6.23. The molecule has 0 saturated heterocycles. The zero-order valence-corrected chi connectivity index (χ0v) is 6.23. The molecule has 0 aliphatic carbocycles. The second-order valence-corrected chi connectivity index (χ2v) is 2.31. The molecule has 0 aromatic carbocycles. The number of nitrogens with one attached hydrogen (secondary N) is 1. The standard InChI is InChI=1S/C7H7N5/c8-5-3-9-7(10-4-5)6-1-2-11-12-6/h1-4H,8H2,(H,11,12). The van der Waals surface area contributed by atoms with Crippen molar-refractivity contribution in [3.63, 3.8) is 0 Å². The van der Waals surface area contributed by atoms with Crippen LogP contribution >= 0.6 is 0 Å². The molecule has 2 heterocycles. The molecule has 2 aromatic heterocycles. The summed E-state index contributed by atoms with van der Waals surface area (Å²) >= 11 is 0. The SMILES string of the molecule is Nc1cnc(-c2ccn[nH]2)nc1. The predicted octanol–water partition coefficient (Wildman–Crippen LogP) is 0.449. The maximum absolute atomic E-state index is 5.43. The lowest BCUT2D eigenvalue weighted by Crippen LogP contribution is -1.92. The third kappa shape index (κ3) is 1.12. The van der Waals surface area contributed by atoms with Crippen LogP contribution in [0.5, 0.6) is 0 Å². The number of nitrogens with zero attached hydrogens (tertiary/aromatic N) is 3. The van der Waals surface area contributed by atoms with Gasteiger partial charge in [0.15, 0.2) is 5.82 Å². The molecule has 3 N–H and O–H groups in total. The molecule has 0 aliphatic rings. The average molecular weight is 161 g/mol. The highest BCUT2D eigenvalue weighted by Crippen LogP contribution is 2.09. The van der Waals surface area contributed by atoms with E-state index in [-0.39, 0.29) is 0 Å². The van der Waals surface area contributed by atoms with Crippen LogP contribution in [0.1, 0.15) is 0 Å². The first kappa shape index (κ1) is 6.78. The summed E-state index contributed by atoms with van der Waals surface area (Å²) in [5.74, 6) is 0.599. The first-order valence-corrected chi connectivity index (χ1v) is 3.43. The number of hydrogen-bond acceptors (Lipinski definition) is 4. The van der Waals surface area contributed by atoms with Gasteiger partial charge >= 0.3 is 0 Å². The van der Waals surface area contributed by atoms with Gasteiger partial charge in [-0.3, -0.25) is 5.10 Å². The van der Waals surface area contributed by atoms with Crippen molar-refractivity contribution in [2.45, 2.75) is 0 Å². The topological polar surface area (TPSA) is 80.5 Å². The van der Waals surface area contributed by atoms with Gasteiger partial charge in [0.1, 0.15) is 5.69 Å². The molecule has 2 aromatic rings. The van der Waals surface area contributed by atoms with Gasteiger partial charge in [0.05, 0.1) is 18.1 Å². The van der Waals surface area contributed by atoms with Crippen molar-refractivity contribution in [1.82, 2.24) is 20.2 Å². The second kappa shape index (κ2) is 2.61. The minimum atomic E-state index is 0.554. The first-order chi connectivity index (χ1) is 5.86. The molecule has 0 bridgehead atoms. The van der Waals surface area contributed by atoms with Crippen LogP contribution in [0, 0.1) is 0 Å². The van der Waals surface area contributed by atoms with E-state index < -0.39 is 0 Å². The summed E-state index contributed by atoms with van der Waals surface area (Å²) < 4.78 is 0. The number of rotatable bonds is 1. The summed E-state index contributed by atoms with van der Waals surface area (Å²) in [6.45, 7) is 0. The van der Waals surface area contributed by atoms with Gasteiger partial charge in [0.25, 0.3) is 0 Å². The molecule has 5 nitrogen and oxygen atoms in total. The Labute approximate surface area is 68.7 Å². The van der Waals surface area contributed by atoms with E-state index >= 15 is 0 Å². The Morgan fingerprint density at radius 2 is 2.00 bits per heavy atom. The molecule has 0 amide bonds. The van der Waals surface area contributed by atoms with E-state index in [4.69, 9.17) is 5.73 Å². The van der Waals surface area contributed by atoms with E-state index in [9.17, 15) is 0 Å². The van der Waals surface area contributed by atoms with Crippen LogP contribution in [0.3, 0.4) is 0 Å². The van der Waals surface area contributed by atoms with E-state index in [0.717, 1.165) is 5.69 Å². The van der Waals surface area contributed by atoms with E-state index in [2.05, 4.69) is 20.2 Å². The van der Waals surface area contributed by atoms with Crippen molar-refractivity contribution in [2.75, 3.05) is 5.73 Å². The fourth-order valence-electron chi connectivity index (χ4n) is 0.858. The quantitative estimate of drug-likeness (QED) is 0.636. The Bertz CT molecular complexity index is 350. The average Bonchev–Trinajstić information content (AvgIpc) is 2.58. The third-order valence-corrected chi connectivity index (χ3v) is 1.41. The summed E-state index contributed by atoms with van der Waals surface area (Å²) in [7, 11) is 0. The second-order valence-electron chi connectivity index (χ2n) is 2.31. The van der Waals surface area contributed by atoms with Gasteiger partial charge in [-0.2, -0.15) is 5.10 Å². The fraction of sp³-hybridized carbons (Fsp3) is 0. The maximum Gasteiger partial charge on any atom is 0.177 e. The summed E-state index contributed by atoms with van der Waals surface area (Å²) in [6.07, 6.45) is 4.77. The van der Waals surface area contributed by atoms with E-state index in [1.165, 1.54) is 0 Å². The maximum atomic E-state index is 5.43. The lowest BCUT2D eigenvalue weighted by atomic mass is 10.4. The highest BCUT2D eigenvalue weighted by Gasteiger charge is 1.99. The van der Waals surface area contributed by atoms with Crippen LogP contribution in [0.25, 0.3) is 11.5 Å². The van der Waals surface area contributed by atoms with Crippen LogP contribution in [-0.2, 0) is 0 Å². The normalized spacial score (nSPS) is 10.0. The molecule has 0 radical (unpaired) electrons. The molecule has 0 spiro atoms. The minimum absolute atomic E-state index is 0.554. The van der Waals surface area contributed by atoms with E-state index in [0.29, 0.717) is 11.5 Å². The largest absolute Gasteiger partial charge is 0.396 e. The van der Waals surface area contributed by atoms with Crippen molar-refractivity contribution in [3.8, 4) is 11.5 Å². The molecule has 0 unspecified atom stereocenters. The van der Waals surface area contributed by atoms with Gasteiger partial charge in [-0.25, -0.2) is 9.97 Å². The van der Waals surface area contributed by atoms with Crippen LogP contribution in [0.2, 0.25) is 0 Å². The van der Waals surface area contributed by atoms with Crippen molar-refractivity contribution >= 4 is 5.69 Å². The van der Waals surface area contributed by atoms with Crippen molar-refractivity contribution in [3.05, 3.63) is 24.7 Å². The molecular weight excluding hydrogens is 154 g/mol. The number of nitrogen functional groups attached to an aromatic ring is 1. The van der Waals surface area contributed by atoms with Gasteiger partial charge < -0.3 is 5.73 Å². The van der Waals surface area contributed by atoms with Crippen LogP contribution in [0.4, 0.5) is 5.69 Å². The van der Waals surface area contributed by atoms with Crippen LogP contribution < -0.4 is 5.73 Å². The van der Waals surface area contributed by atoms with Gasteiger partial charge in [0.2, 0.25) is 0 Å². The zero-order chi connectivity index (χ0) is 8.39. The Hall–Kier alpha value is -1.91. The smallest absolute Gasteiger partial charge is 0.177 e. The first-order valence-electron chi connectivity index (χ1n) is 3.43. The molecule has 60 valence electrons. The van der Waals surface area contributed by atoms with Crippen molar-refractivity contribution in [2.24, 2.45) is 0 Å². The number of H-pyrrole nitrogens is 1. The summed E-state index contributed by atoms with van der Waals surface area (Å²) in [4.78, 5) is 8.03. The molecular formula is C7H7N5. The van der Waals surface area contributed by atoms with Gasteiger partial charge in [-0.15, -0.1) is 0 Å². The summed E-state index contributed by atoms with van der Waals surface area (Å²) in [5, 5.41) is 6.54.